The molecule has 1 aliphatic heterocycles. The van der Waals surface area contributed by atoms with E-state index in [2.05, 4.69) is 10.6 Å². The average Bonchev–Trinajstić information content (AvgIpc) is 3.25. The number of rotatable bonds is 8. The number of hydrogen-bond acceptors (Lipinski definition) is 7. The van der Waals surface area contributed by atoms with Crippen LogP contribution in [0.3, 0.4) is 0 Å². The fourth-order valence-corrected chi connectivity index (χ4v) is 4.23. The molecule has 180 valence electrons. The van der Waals surface area contributed by atoms with Crippen molar-refractivity contribution in [3.8, 4) is 0 Å². The van der Waals surface area contributed by atoms with Crippen molar-refractivity contribution in [1.29, 1.82) is 0 Å². The predicted molar refractivity (Wildman–Crippen MR) is 132 cm³/mol. The summed E-state index contributed by atoms with van der Waals surface area (Å²) in [5.41, 5.74) is 7.01. The largest absolute Gasteiger partial charge is 0.423 e. The Labute approximate surface area is 202 Å². The number of anilines is 1. The zero-order chi connectivity index (χ0) is 23.3. The number of halogens is 1. The van der Waals surface area contributed by atoms with Crippen LogP contribution in [0.5, 0.6) is 0 Å². The monoisotopic (exact) mass is 496 g/mol. The van der Waals surface area contributed by atoms with Gasteiger partial charge in [0.15, 0.2) is 0 Å². The average molecular weight is 497 g/mol. The second kappa shape index (κ2) is 12.1. The normalized spacial score (nSPS) is 16.2. The molecule has 1 aromatic heterocycles. The summed E-state index contributed by atoms with van der Waals surface area (Å²) in [6.45, 7) is 2.06. The van der Waals surface area contributed by atoms with E-state index < -0.39 is 17.7 Å². The highest BCUT2D eigenvalue weighted by Crippen LogP contribution is 2.23. The van der Waals surface area contributed by atoms with Crippen LogP contribution in [0, 0.1) is 6.92 Å². The first-order chi connectivity index (χ1) is 15.3. The molecule has 0 bridgehead atoms. The number of hydrogen-bond donors (Lipinski definition) is 3. The molecule has 1 aliphatic rings. The molecule has 1 aromatic carbocycles. The second-order valence-corrected chi connectivity index (χ2v) is 8.79. The standard InChI is InChI=1S/C22H28N4O5S.ClH/c1-13-10-20(28)31-18-11-14(5-6-15(13)18)25-22(30)17-4-3-8-26(17)19(27)12-24-21(29)16(23)7-9-32-2;/h5-6,10-11,16-17H,3-4,7-9,12,23H2,1-2H3,(H,24,29)(H,25,30);1H. The van der Waals surface area contributed by atoms with Gasteiger partial charge in [0.1, 0.15) is 11.6 Å². The van der Waals surface area contributed by atoms with Gasteiger partial charge < -0.3 is 25.7 Å². The highest BCUT2D eigenvalue weighted by molar-refractivity contribution is 7.98. The molecule has 3 rings (SSSR count). The van der Waals surface area contributed by atoms with Crippen LogP contribution < -0.4 is 22.0 Å². The lowest BCUT2D eigenvalue weighted by Crippen LogP contribution is -2.49. The second-order valence-electron chi connectivity index (χ2n) is 7.80. The number of amides is 3. The van der Waals surface area contributed by atoms with Gasteiger partial charge in [-0.05, 0) is 55.9 Å². The molecule has 2 unspecified atom stereocenters. The minimum absolute atomic E-state index is 0. The molecular weight excluding hydrogens is 468 g/mol. The molecule has 0 aliphatic carbocycles. The number of nitrogens with zero attached hydrogens (tertiary/aromatic N) is 1. The molecule has 0 spiro atoms. The Morgan fingerprint density at radius 1 is 1.30 bits per heavy atom. The number of aryl methyl sites for hydroxylation is 1. The van der Waals surface area contributed by atoms with Crippen LogP contribution in [0.25, 0.3) is 11.0 Å². The number of carbonyl (C=O) groups excluding carboxylic acids is 3. The Hall–Kier alpha value is -2.56. The van der Waals surface area contributed by atoms with E-state index in [9.17, 15) is 19.2 Å². The summed E-state index contributed by atoms with van der Waals surface area (Å²) in [6.07, 6.45) is 3.68. The van der Waals surface area contributed by atoms with Crippen molar-refractivity contribution in [1.82, 2.24) is 10.2 Å². The number of nitrogens with one attached hydrogen (secondary N) is 2. The lowest BCUT2D eigenvalue weighted by atomic mass is 10.1. The highest BCUT2D eigenvalue weighted by Gasteiger charge is 2.34. The van der Waals surface area contributed by atoms with E-state index in [1.165, 1.54) is 11.0 Å². The third-order valence-electron chi connectivity index (χ3n) is 5.48. The van der Waals surface area contributed by atoms with Crippen LogP contribution in [-0.4, -0.2) is 59.8 Å². The topological polar surface area (TPSA) is 135 Å². The molecule has 0 saturated carbocycles. The Kier molecular flexibility index (Phi) is 9.75. The summed E-state index contributed by atoms with van der Waals surface area (Å²) < 4.78 is 5.22. The van der Waals surface area contributed by atoms with Gasteiger partial charge in [-0.3, -0.25) is 14.4 Å². The summed E-state index contributed by atoms with van der Waals surface area (Å²) in [7, 11) is 0. The highest BCUT2D eigenvalue weighted by atomic mass is 35.5. The third kappa shape index (κ3) is 6.72. The van der Waals surface area contributed by atoms with E-state index in [1.54, 1.807) is 30.0 Å². The summed E-state index contributed by atoms with van der Waals surface area (Å²) in [5, 5.41) is 6.16. The van der Waals surface area contributed by atoms with Gasteiger partial charge in [0.2, 0.25) is 17.7 Å². The molecule has 11 heteroatoms. The quantitative estimate of drug-likeness (QED) is 0.473. The Balaban J connectivity index is 0.00000385. The summed E-state index contributed by atoms with van der Waals surface area (Å²) in [6, 6.07) is 5.21. The van der Waals surface area contributed by atoms with Gasteiger partial charge in [0.05, 0.1) is 12.6 Å². The number of benzene rings is 1. The molecule has 1 saturated heterocycles. The van der Waals surface area contributed by atoms with Crippen molar-refractivity contribution < 1.29 is 18.8 Å². The number of fused-ring (bicyclic) bond motifs is 1. The van der Waals surface area contributed by atoms with Crippen molar-refractivity contribution in [2.75, 3.05) is 30.4 Å². The van der Waals surface area contributed by atoms with E-state index in [-0.39, 0.29) is 36.7 Å². The lowest BCUT2D eigenvalue weighted by Gasteiger charge is -2.24. The van der Waals surface area contributed by atoms with Crippen LogP contribution in [0.4, 0.5) is 5.69 Å². The van der Waals surface area contributed by atoms with Gasteiger partial charge in [-0.1, -0.05) is 0 Å². The van der Waals surface area contributed by atoms with E-state index in [1.807, 2.05) is 13.2 Å². The van der Waals surface area contributed by atoms with E-state index >= 15 is 0 Å². The lowest BCUT2D eigenvalue weighted by molar-refractivity contribution is -0.137. The van der Waals surface area contributed by atoms with Gasteiger partial charge in [-0.15, -0.1) is 12.4 Å². The van der Waals surface area contributed by atoms with Crippen molar-refractivity contribution >= 4 is 58.5 Å². The fraction of sp³-hybridized carbons (Fsp3) is 0.455. The summed E-state index contributed by atoms with van der Waals surface area (Å²) >= 11 is 1.60. The Morgan fingerprint density at radius 3 is 2.79 bits per heavy atom. The maximum absolute atomic E-state index is 12.9. The molecule has 4 N–H and O–H groups in total. The van der Waals surface area contributed by atoms with Crippen molar-refractivity contribution in [3.63, 3.8) is 0 Å². The van der Waals surface area contributed by atoms with Crippen LogP contribution in [0.1, 0.15) is 24.8 Å². The van der Waals surface area contributed by atoms with Crippen LogP contribution in [-0.2, 0) is 14.4 Å². The Morgan fingerprint density at radius 2 is 2.06 bits per heavy atom. The minimum atomic E-state index is -0.662. The maximum atomic E-state index is 12.9. The molecule has 9 nitrogen and oxygen atoms in total. The first-order valence-electron chi connectivity index (χ1n) is 10.5. The van der Waals surface area contributed by atoms with Crippen LogP contribution in [0.2, 0.25) is 0 Å². The van der Waals surface area contributed by atoms with Crippen molar-refractivity contribution in [2.24, 2.45) is 5.73 Å². The first kappa shape index (κ1) is 26.7. The molecular formula is C22H29ClN4O5S. The van der Waals surface area contributed by atoms with E-state index in [0.717, 1.165) is 16.7 Å². The molecule has 2 heterocycles. The zero-order valence-corrected chi connectivity index (χ0v) is 20.2. The number of thioether (sulfide) groups is 1. The fourth-order valence-electron chi connectivity index (χ4n) is 3.74. The molecule has 33 heavy (non-hydrogen) atoms. The molecule has 1 fully saturated rings. The molecule has 2 aromatic rings. The van der Waals surface area contributed by atoms with E-state index in [0.29, 0.717) is 37.1 Å². The van der Waals surface area contributed by atoms with Gasteiger partial charge in [0, 0.05) is 29.8 Å². The SMILES string of the molecule is CSCCC(N)C(=O)NCC(=O)N1CCCC1C(=O)Nc1ccc2c(C)cc(=O)oc2c1.Cl. The number of carbonyl (C=O) groups is 3. The third-order valence-corrected chi connectivity index (χ3v) is 6.12. The summed E-state index contributed by atoms with van der Waals surface area (Å²) in [5.74, 6) is -0.267. The Bertz CT molecular complexity index is 1080. The molecule has 3 amide bonds. The van der Waals surface area contributed by atoms with Gasteiger partial charge >= 0.3 is 5.63 Å². The van der Waals surface area contributed by atoms with Crippen LogP contribution in [0.15, 0.2) is 33.5 Å². The minimum Gasteiger partial charge on any atom is -0.423 e. The molecule has 0 radical (unpaired) electrons. The van der Waals surface area contributed by atoms with Gasteiger partial charge in [0.25, 0.3) is 0 Å². The number of likely N-dealkylation sites (tertiary alicyclic amines) is 1. The molecule has 2 atom stereocenters. The predicted octanol–water partition coefficient (Wildman–Crippen LogP) is 1.65. The smallest absolute Gasteiger partial charge is 0.336 e. The van der Waals surface area contributed by atoms with E-state index in [4.69, 9.17) is 10.2 Å². The van der Waals surface area contributed by atoms with Crippen LogP contribution >= 0.6 is 24.2 Å². The number of nitrogens with two attached hydrogens (primary N) is 1. The van der Waals surface area contributed by atoms with Crippen molar-refractivity contribution in [2.45, 2.75) is 38.3 Å². The first-order valence-corrected chi connectivity index (χ1v) is 11.9. The van der Waals surface area contributed by atoms with Crippen molar-refractivity contribution in [3.05, 3.63) is 40.2 Å². The van der Waals surface area contributed by atoms with Gasteiger partial charge in [-0.25, -0.2) is 4.79 Å². The zero-order valence-electron chi connectivity index (χ0n) is 18.6. The van der Waals surface area contributed by atoms with Gasteiger partial charge in [-0.2, -0.15) is 11.8 Å². The summed E-state index contributed by atoms with van der Waals surface area (Å²) in [4.78, 5) is 50.7. The maximum Gasteiger partial charge on any atom is 0.336 e.